The van der Waals surface area contributed by atoms with Crippen molar-refractivity contribution >= 4 is 11.6 Å². The summed E-state index contributed by atoms with van der Waals surface area (Å²) < 4.78 is 0. The number of carbonyl (C=O) groups is 1. The smallest absolute Gasteiger partial charge is 0.223 e. The van der Waals surface area contributed by atoms with Gasteiger partial charge in [0, 0.05) is 43.9 Å². The molecule has 5 heteroatoms. The molecule has 0 unspecified atom stereocenters. The number of anilines is 1. The summed E-state index contributed by atoms with van der Waals surface area (Å²) in [5.41, 5.74) is 5.74. The molecule has 0 radical (unpaired) electrons. The SMILES string of the molecule is CC.Cc1cc(C)c2c(n1)CN(C(=O)CC1CN(c3cccnc3)C1)C2. The van der Waals surface area contributed by atoms with E-state index < -0.39 is 0 Å². The second-order valence-electron chi connectivity index (χ2n) is 6.94. The second kappa shape index (κ2) is 7.85. The summed E-state index contributed by atoms with van der Waals surface area (Å²) in [6.45, 7) is 11.4. The molecule has 0 N–H and O–H groups in total. The third-order valence-electron chi connectivity index (χ3n) is 5.03. The maximum absolute atomic E-state index is 12.6. The van der Waals surface area contributed by atoms with E-state index in [9.17, 15) is 4.79 Å². The molecule has 26 heavy (non-hydrogen) atoms. The lowest BCUT2D eigenvalue weighted by molar-refractivity contribution is -0.133. The Hall–Kier alpha value is -2.43. The summed E-state index contributed by atoms with van der Waals surface area (Å²) in [4.78, 5) is 25.6. The van der Waals surface area contributed by atoms with Crippen LogP contribution >= 0.6 is 0 Å². The largest absolute Gasteiger partial charge is 0.370 e. The van der Waals surface area contributed by atoms with Gasteiger partial charge in [-0.05, 0) is 43.2 Å². The molecule has 1 saturated heterocycles. The van der Waals surface area contributed by atoms with Gasteiger partial charge in [0.25, 0.3) is 0 Å². The number of rotatable bonds is 3. The average molecular weight is 352 g/mol. The highest BCUT2D eigenvalue weighted by molar-refractivity contribution is 5.77. The Labute approximate surface area is 156 Å². The standard InChI is InChI=1S/C19H22N4O.C2H6/c1-13-6-14(2)21-18-12-23(11-17(13)18)19(24)7-15-9-22(10-15)16-4-3-5-20-8-16;1-2/h3-6,8,15H,7,9-12H2,1-2H3;1-2H3. The van der Waals surface area contributed by atoms with Gasteiger partial charge in [-0.2, -0.15) is 0 Å². The Bertz CT molecular complexity index is 769. The summed E-state index contributed by atoms with van der Waals surface area (Å²) in [5.74, 6) is 0.693. The predicted molar refractivity (Wildman–Crippen MR) is 104 cm³/mol. The lowest BCUT2D eigenvalue weighted by Gasteiger charge is -2.41. The van der Waals surface area contributed by atoms with Crippen molar-refractivity contribution in [2.75, 3.05) is 18.0 Å². The van der Waals surface area contributed by atoms with Crippen LogP contribution in [-0.4, -0.2) is 33.9 Å². The quantitative estimate of drug-likeness (QED) is 0.848. The van der Waals surface area contributed by atoms with Crippen molar-refractivity contribution in [2.24, 2.45) is 5.92 Å². The fourth-order valence-corrected chi connectivity index (χ4v) is 3.72. The molecule has 0 saturated carbocycles. The Balaban J connectivity index is 0.000000948. The van der Waals surface area contributed by atoms with E-state index in [1.165, 1.54) is 11.1 Å². The third-order valence-corrected chi connectivity index (χ3v) is 5.03. The first-order valence-corrected chi connectivity index (χ1v) is 9.49. The number of fused-ring (bicyclic) bond motifs is 1. The van der Waals surface area contributed by atoms with Gasteiger partial charge in [0.1, 0.15) is 0 Å². The zero-order chi connectivity index (χ0) is 18.7. The molecule has 5 nitrogen and oxygen atoms in total. The lowest BCUT2D eigenvalue weighted by atomic mass is 9.95. The first kappa shape index (κ1) is 18.4. The minimum absolute atomic E-state index is 0.251. The van der Waals surface area contributed by atoms with E-state index in [1.54, 1.807) is 6.20 Å². The predicted octanol–water partition coefficient (Wildman–Crippen LogP) is 3.49. The Morgan fingerprint density at radius 1 is 1.23 bits per heavy atom. The van der Waals surface area contributed by atoms with E-state index in [1.807, 2.05) is 37.9 Å². The second-order valence-corrected chi connectivity index (χ2v) is 6.94. The van der Waals surface area contributed by atoms with Gasteiger partial charge >= 0.3 is 0 Å². The number of hydrogen-bond acceptors (Lipinski definition) is 4. The average Bonchev–Trinajstić information content (AvgIpc) is 3.04. The van der Waals surface area contributed by atoms with Crippen LogP contribution in [0.1, 0.15) is 42.8 Å². The minimum atomic E-state index is 0.251. The van der Waals surface area contributed by atoms with Crippen molar-refractivity contribution in [3.63, 3.8) is 0 Å². The summed E-state index contributed by atoms with van der Waals surface area (Å²) in [5, 5.41) is 0. The molecule has 4 rings (SSSR count). The maximum Gasteiger partial charge on any atom is 0.223 e. The number of aryl methyl sites for hydroxylation is 2. The van der Waals surface area contributed by atoms with E-state index >= 15 is 0 Å². The number of carbonyl (C=O) groups excluding carboxylic acids is 1. The molecule has 2 aliphatic heterocycles. The zero-order valence-electron chi connectivity index (χ0n) is 16.2. The summed E-state index contributed by atoms with van der Waals surface area (Å²) >= 11 is 0. The van der Waals surface area contributed by atoms with Gasteiger partial charge in [0.2, 0.25) is 5.91 Å². The van der Waals surface area contributed by atoms with Crippen molar-refractivity contribution in [1.82, 2.24) is 14.9 Å². The molecular weight excluding hydrogens is 324 g/mol. The molecule has 0 aliphatic carbocycles. The Morgan fingerprint density at radius 2 is 2.00 bits per heavy atom. The van der Waals surface area contributed by atoms with Crippen LogP contribution in [0.25, 0.3) is 0 Å². The zero-order valence-corrected chi connectivity index (χ0v) is 16.2. The Kier molecular flexibility index (Phi) is 5.55. The van der Waals surface area contributed by atoms with Crippen LogP contribution in [0.2, 0.25) is 0 Å². The van der Waals surface area contributed by atoms with Crippen LogP contribution in [0.15, 0.2) is 30.6 Å². The van der Waals surface area contributed by atoms with Gasteiger partial charge in [-0.1, -0.05) is 13.8 Å². The fourth-order valence-electron chi connectivity index (χ4n) is 3.72. The van der Waals surface area contributed by atoms with Crippen molar-refractivity contribution in [2.45, 2.75) is 47.2 Å². The highest BCUT2D eigenvalue weighted by Crippen LogP contribution is 2.29. The number of amides is 1. The lowest BCUT2D eigenvalue weighted by Crippen LogP contribution is -2.48. The van der Waals surface area contributed by atoms with Crippen molar-refractivity contribution in [1.29, 1.82) is 0 Å². The third kappa shape index (κ3) is 3.71. The molecule has 0 spiro atoms. The molecule has 4 heterocycles. The number of hydrogen-bond donors (Lipinski definition) is 0. The van der Waals surface area contributed by atoms with E-state index in [0.29, 0.717) is 25.4 Å². The number of aromatic nitrogens is 2. The van der Waals surface area contributed by atoms with Crippen molar-refractivity contribution in [3.8, 4) is 0 Å². The summed E-state index contributed by atoms with van der Waals surface area (Å²) in [6.07, 6.45) is 4.29. The van der Waals surface area contributed by atoms with Crippen LogP contribution in [0.5, 0.6) is 0 Å². The van der Waals surface area contributed by atoms with Crippen LogP contribution in [0.3, 0.4) is 0 Å². The highest BCUT2D eigenvalue weighted by Gasteiger charge is 2.32. The van der Waals surface area contributed by atoms with E-state index in [4.69, 9.17) is 0 Å². The monoisotopic (exact) mass is 352 g/mol. The summed E-state index contributed by atoms with van der Waals surface area (Å²) in [6, 6.07) is 6.12. The fraction of sp³-hybridized carbons (Fsp3) is 0.476. The topological polar surface area (TPSA) is 49.3 Å². The van der Waals surface area contributed by atoms with Gasteiger partial charge in [0.15, 0.2) is 0 Å². The maximum atomic E-state index is 12.6. The first-order valence-electron chi connectivity index (χ1n) is 9.49. The molecular formula is C21H28N4O. The van der Waals surface area contributed by atoms with Gasteiger partial charge in [-0.25, -0.2) is 0 Å². The number of nitrogens with zero attached hydrogens (tertiary/aromatic N) is 4. The van der Waals surface area contributed by atoms with Crippen LogP contribution in [0.4, 0.5) is 5.69 Å². The van der Waals surface area contributed by atoms with Gasteiger partial charge in [-0.15, -0.1) is 0 Å². The van der Waals surface area contributed by atoms with E-state index in [0.717, 1.165) is 30.2 Å². The number of pyridine rings is 2. The van der Waals surface area contributed by atoms with Crippen LogP contribution in [-0.2, 0) is 17.9 Å². The molecule has 1 amide bonds. The van der Waals surface area contributed by atoms with Crippen molar-refractivity contribution in [3.05, 3.63) is 53.1 Å². The first-order chi connectivity index (χ1) is 12.6. The molecule has 2 aromatic heterocycles. The molecule has 138 valence electrons. The van der Waals surface area contributed by atoms with Crippen molar-refractivity contribution < 1.29 is 4.79 Å². The molecule has 2 aromatic rings. The molecule has 2 aliphatic rings. The molecule has 0 aromatic carbocycles. The molecule has 0 bridgehead atoms. The molecule has 1 fully saturated rings. The molecule has 0 atom stereocenters. The van der Waals surface area contributed by atoms with E-state index in [-0.39, 0.29) is 5.91 Å². The highest BCUT2D eigenvalue weighted by atomic mass is 16.2. The van der Waals surface area contributed by atoms with Crippen LogP contribution < -0.4 is 4.90 Å². The minimum Gasteiger partial charge on any atom is -0.370 e. The van der Waals surface area contributed by atoms with Gasteiger partial charge < -0.3 is 9.80 Å². The summed E-state index contributed by atoms with van der Waals surface area (Å²) in [7, 11) is 0. The van der Waals surface area contributed by atoms with Gasteiger partial charge in [-0.3, -0.25) is 14.8 Å². The Morgan fingerprint density at radius 3 is 2.69 bits per heavy atom. The normalized spacial score (nSPS) is 15.8. The van der Waals surface area contributed by atoms with E-state index in [2.05, 4.69) is 33.9 Å². The van der Waals surface area contributed by atoms with Gasteiger partial charge in [0.05, 0.1) is 24.1 Å². The van der Waals surface area contributed by atoms with Crippen LogP contribution in [0, 0.1) is 19.8 Å².